The Hall–Kier alpha value is -3.43. The van der Waals surface area contributed by atoms with E-state index in [1.807, 2.05) is 12.2 Å². The number of carbonyl (C=O) groups is 3. The first kappa shape index (κ1) is 23.7. The number of rotatable bonds is 5. The number of amides is 4. The average Bonchev–Trinajstić information content (AvgIpc) is 3.52. The van der Waals surface area contributed by atoms with Crippen LogP contribution in [-0.4, -0.2) is 66.5 Å². The first-order valence-electron chi connectivity index (χ1n) is 10.8. The molecule has 2 aliphatic heterocycles. The van der Waals surface area contributed by atoms with Crippen molar-refractivity contribution in [1.29, 1.82) is 0 Å². The zero-order chi connectivity index (χ0) is 24.2. The molecule has 2 aromatic rings. The minimum absolute atomic E-state index is 0.0694. The van der Waals surface area contributed by atoms with Crippen LogP contribution in [0.2, 0.25) is 5.02 Å². The summed E-state index contributed by atoms with van der Waals surface area (Å²) in [7, 11) is 1.51. The molecule has 4 rings (SSSR count). The molecule has 0 saturated carbocycles. The maximum absolute atomic E-state index is 14.7. The lowest BCUT2D eigenvalue weighted by Crippen LogP contribution is -2.45. The monoisotopic (exact) mass is 486 g/mol. The quantitative estimate of drug-likeness (QED) is 0.630. The van der Waals surface area contributed by atoms with Crippen molar-refractivity contribution >= 4 is 40.8 Å². The molecule has 178 valence electrons. The average molecular weight is 487 g/mol. The van der Waals surface area contributed by atoms with E-state index in [0.29, 0.717) is 23.8 Å². The van der Waals surface area contributed by atoms with Crippen LogP contribution in [0.3, 0.4) is 0 Å². The summed E-state index contributed by atoms with van der Waals surface area (Å²) in [6.07, 6.45) is 3.65. The molecular weight excluding hydrogens is 463 g/mol. The molecule has 0 aliphatic carbocycles. The molecule has 0 radical (unpaired) electrons. The van der Waals surface area contributed by atoms with Crippen LogP contribution in [0, 0.1) is 5.82 Å². The van der Waals surface area contributed by atoms with Crippen LogP contribution in [0.25, 0.3) is 0 Å². The van der Waals surface area contributed by atoms with Crippen LogP contribution in [-0.2, 0) is 9.53 Å². The third kappa shape index (κ3) is 5.21. The number of nitrogens with one attached hydrogen (secondary N) is 2. The summed E-state index contributed by atoms with van der Waals surface area (Å²) < 4.78 is 20.1. The summed E-state index contributed by atoms with van der Waals surface area (Å²) >= 11 is 5.88. The Morgan fingerprint density at radius 1 is 1.06 bits per heavy atom. The number of urea groups is 1. The molecule has 0 unspecified atom stereocenters. The van der Waals surface area contributed by atoms with Crippen molar-refractivity contribution in [2.24, 2.45) is 0 Å². The molecule has 0 spiro atoms. The number of methoxy groups -OCH3 is 1. The van der Waals surface area contributed by atoms with E-state index in [4.69, 9.17) is 16.3 Å². The van der Waals surface area contributed by atoms with Gasteiger partial charge in [-0.3, -0.25) is 9.59 Å². The number of ether oxygens (including phenoxy) is 1. The molecule has 0 bridgehead atoms. The van der Waals surface area contributed by atoms with E-state index in [9.17, 15) is 18.8 Å². The standard InChI is InChI=1S/C24H24ClFN4O4/c1-34-18-13-21(30(14-18)24(33)27-17-7-5-16(25)6-8-17)22(31)28-20-9-4-15(12-19(20)26)23(32)29-10-2-3-11-29/h2-9,12,18,21H,10-11,13-14H2,1H3,(H,27,33)(H,28,31)/t18-,21-/m1/s1. The second-order valence-electron chi connectivity index (χ2n) is 8.06. The van der Waals surface area contributed by atoms with Gasteiger partial charge in [-0.2, -0.15) is 0 Å². The minimum atomic E-state index is -0.867. The number of anilines is 2. The lowest BCUT2D eigenvalue weighted by atomic mass is 10.1. The van der Waals surface area contributed by atoms with Crippen LogP contribution < -0.4 is 10.6 Å². The predicted octanol–water partition coefficient (Wildman–Crippen LogP) is 3.75. The molecular formula is C24H24ClFN4O4. The molecule has 2 aromatic carbocycles. The number of benzene rings is 2. The molecule has 8 nitrogen and oxygen atoms in total. The third-order valence-corrected chi connectivity index (χ3v) is 6.09. The first-order chi connectivity index (χ1) is 16.4. The van der Waals surface area contributed by atoms with Gasteiger partial charge in [0.15, 0.2) is 0 Å². The molecule has 1 saturated heterocycles. The van der Waals surface area contributed by atoms with E-state index < -0.39 is 23.8 Å². The summed E-state index contributed by atoms with van der Waals surface area (Å²) in [5, 5.41) is 5.81. The van der Waals surface area contributed by atoms with Crippen molar-refractivity contribution < 1.29 is 23.5 Å². The van der Waals surface area contributed by atoms with Gasteiger partial charge in [0.2, 0.25) is 5.91 Å². The van der Waals surface area contributed by atoms with Crippen LogP contribution in [0.5, 0.6) is 0 Å². The Kier molecular flexibility index (Phi) is 7.14. The fourth-order valence-electron chi connectivity index (χ4n) is 3.96. The van der Waals surface area contributed by atoms with Gasteiger partial charge in [0.25, 0.3) is 5.91 Å². The molecule has 34 heavy (non-hydrogen) atoms. The van der Waals surface area contributed by atoms with E-state index in [1.165, 1.54) is 24.1 Å². The van der Waals surface area contributed by atoms with E-state index in [2.05, 4.69) is 10.6 Å². The van der Waals surface area contributed by atoms with Gasteiger partial charge in [-0.05, 0) is 42.5 Å². The number of likely N-dealkylation sites (tertiary alicyclic amines) is 1. The minimum Gasteiger partial charge on any atom is -0.380 e. The zero-order valence-corrected chi connectivity index (χ0v) is 19.2. The van der Waals surface area contributed by atoms with E-state index >= 15 is 0 Å². The fourth-order valence-corrected chi connectivity index (χ4v) is 4.09. The highest BCUT2D eigenvalue weighted by Gasteiger charge is 2.40. The maximum Gasteiger partial charge on any atom is 0.322 e. The topological polar surface area (TPSA) is 91.0 Å². The lowest BCUT2D eigenvalue weighted by molar-refractivity contribution is -0.119. The van der Waals surface area contributed by atoms with Gasteiger partial charge in [-0.15, -0.1) is 0 Å². The number of hydrogen-bond acceptors (Lipinski definition) is 4. The van der Waals surface area contributed by atoms with Crippen molar-refractivity contribution in [1.82, 2.24) is 9.80 Å². The Balaban J connectivity index is 1.45. The maximum atomic E-state index is 14.7. The first-order valence-corrected chi connectivity index (χ1v) is 11.1. The summed E-state index contributed by atoms with van der Waals surface area (Å²) in [6.45, 7) is 1.16. The molecule has 2 N–H and O–H groups in total. The molecule has 0 aromatic heterocycles. The zero-order valence-electron chi connectivity index (χ0n) is 18.5. The third-order valence-electron chi connectivity index (χ3n) is 5.83. The summed E-state index contributed by atoms with van der Waals surface area (Å²) in [6, 6.07) is 9.15. The molecule has 4 amide bonds. The summed E-state index contributed by atoms with van der Waals surface area (Å²) in [5.41, 5.74) is 0.650. The van der Waals surface area contributed by atoms with E-state index in [1.54, 1.807) is 29.2 Å². The summed E-state index contributed by atoms with van der Waals surface area (Å²) in [4.78, 5) is 41.3. The van der Waals surface area contributed by atoms with Crippen LogP contribution >= 0.6 is 11.6 Å². The molecule has 1 fully saturated rings. The molecule has 10 heteroatoms. The fraction of sp³-hybridized carbons (Fsp3) is 0.292. The second-order valence-corrected chi connectivity index (χ2v) is 8.50. The Labute approximate surface area is 201 Å². The SMILES string of the molecule is CO[C@@H]1C[C@H](C(=O)Nc2ccc(C(=O)N3CC=CC3)cc2F)N(C(=O)Nc2ccc(Cl)cc2)C1. The van der Waals surface area contributed by atoms with Gasteiger partial charge in [0, 0.05) is 49.4 Å². The van der Waals surface area contributed by atoms with Crippen molar-refractivity contribution in [3.63, 3.8) is 0 Å². The molecule has 2 aliphatic rings. The van der Waals surface area contributed by atoms with Gasteiger partial charge in [-0.1, -0.05) is 23.8 Å². The van der Waals surface area contributed by atoms with Crippen molar-refractivity contribution in [3.05, 3.63) is 71.0 Å². The van der Waals surface area contributed by atoms with E-state index in [-0.39, 0.29) is 36.2 Å². The predicted molar refractivity (Wildman–Crippen MR) is 126 cm³/mol. The number of hydrogen-bond donors (Lipinski definition) is 2. The highest BCUT2D eigenvalue weighted by Crippen LogP contribution is 2.25. The van der Waals surface area contributed by atoms with Crippen molar-refractivity contribution in [3.8, 4) is 0 Å². The molecule has 2 heterocycles. The largest absolute Gasteiger partial charge is 0.380 e. The second kappa shape index (κ2) is 10.2. The van der Waals surface area contributed by atoms with Crippen LogP contribution in [0.4, 0.5) is 20.6 Å². The van der Waals surface area contributed by atoms with Gasteiger partial charge in [0.05, 0.1) is 11.8 Å². The number of halogens is 2. The van der Waals surface area contributed by atoms with Gasteiger partial charge < -0.3 is 25.2 Å². The van der Waals surface area contributed by atoms with Crippen molar-refractivity contribution in [2.45, 2.75) is 18.6 Å². The number of carbonyl (C=O) groups excluding carboxylic acids is 3. The van der Waals surface area contributed by atoms with Gasteiger partial charge >= 0.3 is 6.03 Å². The van der Waals surface area contributed by atoms with E-state index in [0.717, 1.165) is 6.07 Å². The van der Waals surface area contributed by atoms with Gasteiger partial charge in [0.1, 0.15) is 11.9 Å². The smallest absolute Gasteiger partial charge is 0.322 e. The Morgan fingerprint density at radius 2 is 1.76 bits per heavy atom. The van der Waals surface area contributed by atoms with Crippen LogP contribution in [0.15, 0.2) is 54.6 Å². The lowest BCUT2D eigenvalue weighted by Gasteiger charge is -2.24. The Bertz CT molecular complexity index is 1120. The van der Waals surface area contributed by atoms with Crippen LogP contribution in [0.1, 0.15) is 16.8 Å². The van der Waals surface area contributed by atoms with Crippen molar-refractivity contribution in [2.75, 3.05) is 37.4 Å². The normalized spacial score (nSPS) is 19.4. The highest BCUT2D eigenvalue weighted by atomic mass is 35.5. The number of nitrogens with zero attached hydrogens (tertiary/aromatic N) is 2. The Morgan fingerprint density at radius 3 is 2.41 bits per heavy atom. The highest BCUT2D eigenvalue weighted by molar-refractivity contribution is 6.30. The molecule has 2 atom stereocenters. The summed E-state index contributed by atoms with van der Waals surface area (Å²) in [5.74, 6) is -1.57. The van der Waals surface area contributed by atoms with Gasteiger partial charge in [-0.25, -0.2) is 9.18 Å².